The van der Waals surface area contributed by atoms with Gasteiger partial charge in [0.15, 0.2) is 18.9 Å². The molecule has 4 aliphatic rings. The molecule has 4 heterocycles. The van der Waals surface area contributed by atoms with Crippen LogP contribution in [0.15, 0.2) is 0 Å². The standard InChI is InChI=1S/C25H44O20S/c1-39-22-16(36)13(33)19(8(4-28)41-22)44-24-17(37)14(34)21(9(5-29)42-24)46-25-18(38)20(11(31)7(3-27)43-25)45-23-15(35)12(32)10(30)6(2-26)40-23/h6-38H,2-5H2,1H3/t6-,7-,8-,9-,10-,11-,12+,13-,14-,15-,16-,17-,18-,19-,20+,21-,22-,23+,24+,25+/m1/s1. The second kappa shape index (κ2) is 16.5. The third-order valence-electron chi connectivity index (χ3n) is 8.42. The summed E-state index contributed by atoms with van der Waals surface area (Å²) in [5, 5.41) is 133. The Balaban J connectivity index is 1.48. The van der Waals surface area contributed by atoms with Crippen LogP contribution >= 0.6 is 11.8 Å². The maximum absolute atomic E-state index is 11.2. The minimum absolute atomic E-state index is 0.617. The molecule has 0 saturated carbocycles. The lowest BCUT2D eigenvalue weighted by Crippen LogP contribution is -2.65. The highest BCUT2D eigenvalue weighted by Gasteiger charge is 2.55. The minimum atomic E-state index is -1.89. The van der Waals surface area contributed by atoms with Crippen molar-refractivity contribution in [2.75, 3.05) is 33.5 Å². The van der Waals surface area contributed by atoms with E-state index in [1.165, 1.54) is 7.11 Å². The maximum Gasteiger partial charge on any atom is 0.187 e. The third-order valence-corrected chi connectivity index (χ3v) is 9.97. The molecule has 4 rings (SSSR count). The van der Waals surface area contributed by atoms with E-state index in [0.717, 1.165) is 0 Å². The molecule has 13 N–H and O–H groups in total. The Morgan fingerprint density at radius 3 is 1.50 bits per heavy atom. The first-order valence-corrected chi connectivity index (χ1v) is 15.4. The van der Waals surface area contributed by atoms with E-state index >= 15 is 0 Å². The van der Waals surface area contributed by atoms with Gasteiger partial charge in [-0.2, -0.15) is 0 Å². The highest BCUT2D eigenvalue weighted by Crippen LogP contribution is 2.40. The van der Waals surface area contributed by atoms with Crippen molar-refractivity contribution in [1.29, 1.82) is 0 Å². The molecular weight excluding hydrogens is 652 g/mol. The molecule has 0 aromatic carbocycles. The van der Waals surface area contributed by atoms with Crippen molar-refractivity contribution in [3.8, 4) is 0 Å². The molecule has 21 heteroatoms. The van der Waals surface area contributed by atoms with Gasteiger partial charge >= 0.3 is 0 Å². The van der Waals surface area contributed by atoms with Gasteiger partial charge in [0.1, 0.15) is 84.8 Å². The summed E-state index contributed by atoms with van der Waals surface area (Å²) in [4.78, 5) is 0. The first-order chi connectivity index (χ1) is 21.8. The van der Waals surface area contributed by atoms with Crippen LogP contribution in [-0.2, 0) is 33.2 Å². The van der Waals surface area contributed by atoms with Gasteiger partial charge in [-0.15, -0.1) is 11.8 Å². The number of rotatable bonds is 11. The molecule has 4 aliphatic heterocycles. The molecule has 0 aromatic heterocycles. The Hall–Kier alpha value is -0.450. The van der Waals surface area contributed by atoms with Crippen LogP contribution in [-0.4, -0.2) is 221 Å². The number of methoxy groups -OCH3 is 1. The zero-order valence-electron chi connectivity index (χ0n) is 24.5. The highest BCUT2D eigenvalue weighted by atomic mass is 32.2. The van der Waals surface area contributed by atoms with Gasteiger partial charge in [0.2, 0.25) is 0 Å². The van der Waals surface area contributed by atoms with E-state index in [-0.39, 0.29) is 0 Å². The largest absolute Gasteiger partial charge is 0.394 e. The molecule has 0 aliphatic carbocycles. The molecule has 4 fully saturated rings. The topological polar surface area (TPSA) is 328 Å². The predicted octanol–water partition coefficient (Wildman–Crippen LogP) is -8.38. The van der Waals surface area contributed by atoms with Crippen molar-refractivity contribution in [3.63, 3.8) is 0 Å². The van der Waals surface area contributed by atoms with Crippen molar-refractivity contribution >= 4 is 11.8 Å². The second-order valence-electron chi connectivity index (χ2n) is 11.4. The van der Waals surface area contributed by atoms with E-state index in [1.807, 2.05) is 0 Å². The lowest BCUT2D eigenvalue weighted by Gasteiger charge is -2.49. The third kappa shape index (κ3) is 7.65. The molecule has 0 aromatic rings. The Morgan fingerprint density at radius 2 is 0.935 bits per heavy atom. The second-order valence-corrected chi connectivity index (χ2v) is 12.6. The average Bonchev–Trinajstić information content (AvgIpc) is 3.05. The number of hydrogen-bond donors (Lipinski definition) is 13. The molecule has 270 valence electrons. The summed E-state index contributed by atoms with van der Waals surface area (Å²) < 4.78 is 38.1. The van der Waals surface area contributed by atoms with Gasteiger partial charge in [0, 0.05) is 7.11 Å². The van der Waals surface area contributed by atoms with Crippen LogP contribution in [0.25, 0.3) is 0 Å². The quantitative estimate of drug-likeness (QED) is 0.0953. The molecule has 0 spiro atoms. The number of aliphatic hydroxyl groups is 13. The van der Waals surface area contributed by atoms with E-state index in [0.29, 0.717) is 11.8 Å². The molecule has 20 atom stereocenters. The summed E-state index contributed by atoms with van der Waals surface area (Å²) in [6.07, 6.45) is -29.4. The van der Waals surface area contributed by atoms with E-state index in [1.54, 1.807) is 0 Å². The summed E-state index contributed by atoms with van der Waals surface area (Å²) in [5.41, 5.74) is -1.47. The smallest absolute Gasteiger partial charge is 0.187 e. The van der Waals surface area contributed by atoms with Crippen molar-refractivity contribution in [2.45, 2.75) is 121 Å². The van der Waals surface area contributed by atoms with Gasteiger partial charge in [-0.1, -0.05) is 0 Å². The Morgan fingerprint density at radius 1 is 0.457 bits per heavy atom. The van der Waals surface area contributed by atoms with Gasteiger partial charge in [-0.05, 0) is 0 Å². The summed E-state index contributed by atoms with van der Waals surface area (Å²) in [6, 6.07) is 0. The van der Waals surface area contributed by atoms with E-state index in [9.17, 15) is 66.4 Å². The summed E-state index contributed by atoms with van der Waals surface area (Å²) in [5.74, 6) is 0. The van der Waals surface area contributed by atoms with Crippen LogP contribution < -0.4 is 0 Å². The summed E-state index contributed by atoms with van der Waals surface area (Å²) >= 11 is 0.617. The number of ether oxygens (including phenoxy) is 7. The molecule has 20 nitrogen and oxygen atoms in total. The van der Waals surface area contributed by atoms with E-state index < -0.39 is 148 Å². The molecule has 0 bridgehead atoms. The monoisotopic (exact) mass is 696 g/mol. The minimum Gasteiger partial charge on any atom is -0.394 e. The van der Waals surface area contributed by atoms with Crippen LogP contribution in [0.5, 0.6) is 0 Å². The number of thioether (sulfide) groups is 1. The Kier molecular flexibility index (Phi) is 13.8. The maximum atomic E-state index is 11.2. The lowest BCUT2D eigenvalue weighted by atomic mass is 9.97. The number of aliphatic hydroxyl groups excluding tert-OH is 13. The van der Waals surface area contributed by atoms with Gasteiger partial charge in [0.25, 0.3) is 0 Å². The van der Waals surface area contributed by atoms with Crippen molar-refractivity contribution in [3.05, 3.63) is 0 Å². The van der Waals surface area contributed by atoms with Crippen LogP contribution in [0.3, 0.4) is 0 Å². The first-order valence-electron chi connectivity index (χ1n) is 14.5. The summed E-state index contributed by atoms with van der Waals surface area (Å²) in [6.45, 7) is -3.08. The SMILES string of the molecule is CO[C@@H]1O[C@H](CO)[C@@H](O[C@@H]2O[C@H](CO)[C@@H](S[C@@H]3O[C@H](CO)[C@@H](O)[C@H](O[C@@H]4O[C@H](CO)[C@@H](O)[C@H](O)[C@H]4O)[C@H]3O)[C@H](O)[C@H]2O)[C@H](O)[C@H]1O. The van der Waals surface area contributed by atoms with Gasteiger partial charge in [-0.25, -0.2) is 0 Å². The zero-order valence-corrected chi connectivity index (χ0v) is 25.3. The van der Waals surface area contributed by atoms with E-state index in [2.05, 4.69) is 0 Å². The van der Waals surface area contributed by atoms with Gasteiger partial charge in [0.05, 0.1) is 43.9 Å². The van der Waals surface area contributed by atoms with Crippen LogP contribution in [0.4, 0.5) is 0 Å². The molecule has 46 heavy (non-hydrogen) atoms. The van der Waals surface area contributed by atoms with Gasteiger partial charge in [-0.3, -0.25) is 0 Å². The van der Waals surface area contributed by atoms with Crippen molar-refractivity contribution in [1.82, 2.24) is 0 Å². The average molecular weight is 697 g/mol. The lowest BCUT2D eigenvalue weighted by molar-refractivity contribution is -0.347. The first kappa shape index (κ1) is 38.4. The molecule has 4 saturated heterocycles. The molecular formula is C25H44O20S. The molecule has 0 radical (unpaired) electrons. The van der Waals surface area contributed by atoms with E-state index in [4.69, 9.17) is 33.2 Å². The zero-order chi connectivity index (χ0) is 34.0. The number of hydrogen-bond acceptors (Lipinski definition) is 21. The van der Waals surface area contributed by atoms with Gasteiger partial charge < -0.3 is 99.5 Å². The van der Waals surface area contributed by atoms with Crippen LogP contribution in [0.1, 0.15) is 0 Å². The van der Waals surface area contributed by atoms with Crippen molar-refractivity contribution in [2.24, 2.45) is 0 Å². The highest BCUT2D eigenvalue weighted by molar-refractivity contribution is 8.00. The normalized spacial score (nSPS) is 52.0. The molecule has 0 amide bonds. The fourth-order valence-corrected chi connectivity index (χ4v) is 7.20. The van der Waals surface area contributed by atoms with Crippen molar-refractivity contribution < 1.29 is 99.5 Å². The predicted molar refractivity (Wildman–Crippen MR) is 145 cm³/mol. The molecule has 0 unspecified atom stereocenters. The summed E-state index contributed by atoms with van der Waals surface area (Å²) in [7, 11) is 1.20. The Bertz CT molecular complexity index is 934. The van der Waals surface area contributed by atoms with Crippen LogP contribution in [0.2, 0.25) is 0 Å². The fraction of sp³-hybridized carbons (Fsp3) is 1.00. The van der Waals surface area contributed by atoms with Crippen LogP contribution in [0, 0.1) is 0 Å². The Labute approximate surface area is 266 Å². The fourth-order valence-electron chi connectivity index (χ4n) is 5.72.